The highest BCUT2D eigenvalue weighted by Crippen LogP contribution is 2.28. The molecule has 0 N–H and O–H groups in total. The Morgan fingerprint density at radius 2 is 2.42 bits per heavy atom. The number of aromatic nitrogens is 1. The second-order valence-corrected chi connectivity index (χ2v) is 6.09. The summed E-state index contributed by atoms with van der Waals surface area (Å²) in [6, 6.07) is 1.35. The van der Waals surface area contributed by atoms with E-state index in [2.05, 4.69) is 4.98 Å². The van der Waals surface area contributed by atoms with E-state index in [1.807, 2.05) is 6.92 Å². The molecule has 8 heteroatoms. The van der Waals surface area contributed by atoms with E-state index < -0.39 is 10.6 Å². The fourth-order valence-corrected chi connectivity index (χ4v) is 3.19. The minimum atomic E-state index is -0.662. The van der Waals surface area contributed by atoms with E-state index in [9.17, 15) is 14.9 Å². The molecule has 1 unspecified atom stereocenters. The van der Waals surface area contributed by atoms with E-state index in [0.717, 1.165) is 5.75 Å². The molecule has 6 nitrogen and oxygen atoms in total. The van der Waals surface area contributed by atoms with Crippen LogP contribution < -0.4 is 0 Å². The molecule has 0 bridgehead atoms. The van der Waals surface area contributed by atoms with Gasteiger partial charge < -0.3 is 4.90 Å². The van der Waals surface area contributed by atoms with Crippen LogP contribution in [0.25, 0.3) is 0 Å². The summed E-state index contributed by atoms with van der Waals surface area (Å²) in [5.74, 6) is 0.475. The number of hydrogen-bond donors (Lipinski definition) is 0. The van der Waals surface area contributed by atoms with Gasteiger partial charge in [-0.3, -0.25) is 14.9 Å². The first-order valence-electron chi connectivity index (χ1n) is 5.70. The molecule has 1 aliphatic heterocycles. The summed E-state index contributed by atoms with van der Waals surface area (Å²) in [6.45, 7) is 3.20. The van der Waals surface area contributed by atoms with E-state index in [4.69, 9.17) is 11.6 Å². The van der Waals surface area contributed by atoms with Gasteiger partial charge in [0.1, 0.15) is 5.56 Å². The third-order valence-electron chi connectivity index (χ3n) is 2.82. The molecular formula is C11H12ClN3O3S. The molecule has 1 aromatic heterocycles. The van der Waals surface area contributed by atoms with Gasteiger partial charge in [0.25, 0.3) is 5.91 Å². The fourth-order valence-electron chi connectivity index (χ4n) is 1.95. The lowest BCUT2D eigenvalue weighted by Crippen LogP contribution is -2.41. The molecule has 19 heavy (non-hydrogen) atoms. The third kappa shape index (κ3) is 2.98. The molecular weight excluding hydrogens is 290 g/mol. The van der Waals surface area contributed by atoms with Crippen molar-refractivity contribution in [2.24, 2.45) is 0 Å². The number of nitro groups is 1. The first-order chi connectivity index (χ1) is 9.00. The highest BCUT2D eigenvalue weighted by atomic mass is 35.5. The lowest BCUT2D eigenvalue weighted by atomic mass is 10.2. The van der Waals surface area contributed by atoms with Crippen LogP contribution in [0.3, 0.4) is 0 Å². The Morgan fingerprint density at radius 1 is 1.68 bits per heavy atom. The summed E-state index contributed by atoms with van der Waals surface area (Å²) in [7, 11) is 0. The maximum Gasteiger partial charge on any atom is 0.319 e. The molecule has 2 rings (SSSR count). The molecule has 102 valence electrons. The first kappa shape index (κ1) is 14.1. The molecule has 0 aromatic carbocycles. The van der Waals surface area contributed by atoms with Gasteiger partial charge in [-0.2, -0.15) is 11.8 Å². The molecule has 1 aromatic rings. The highest BCUT2D eigenvalue weighted by molar-refractivity contribution is 7.99. The summed E-state index contributed by atoms with van der Waals surface area (Å²) in [5, 5.41) is 11.1. The molecule has 1 aliphatic rings. The molecule has 0 spiro atoms. The van der Waals surface area contributed by atoms with Crippen molar-refractivity contribution in [1.82, 2.24) is 9.88 Å². The Balaban J connectivity index is 2.33. The SMILES string of the molecule is CC1CN(C(=O)c2ccnc(Cl)c2[N+](=O)[O-])CCS1. The second-order valence-electron chi connectivity index (χ2n) is 4.19. The van der Waals surface area contributed by atoms with Gasteiger partial charge in [-0.05, 0) is 6.07 Å². The van der Waals surface area contributed by atoms with Gasteiger partial charge in [0.05, 0.1) is 4.92 Å². The molecule has 2 heterocycles. The Hall–Kier alpha value is -1.34. The predicted octanol–water partition coefficient (Wildman–Crippen LogP) is 2.22. The Kier molecular flexibility index (Phi) is 4.26. The van der Waals surface area contributed by atoms with Crippen molar-refractivity contribution in [3.8, 4) is 0 Å². The number of carbonyl (C=O) groups excluding carboxylic acids is 1. The van der Waals surface area contributed by atoms with Gasteiger partial charge in [-0.15, -0.1) is 0 Å². The fraction of sp³-hybridized carbons (Fsp3) is 0.455. The minimum absolute atomic E-state index is 0.00380. The summed E-state index contributed by atoms with van der Waals surface area (Å²) in [4.78, 5) is 28.0. The van der Waals surface area contributed by atoms with Gasteiger partial charge in [0.2, 0.25) is 5.15 Å². The average Bonchev–Trinajstić information content (AvgIpc) is 2.37. The van der Waals surface area contributed by atoms with E-state index in [1.54, 1.807) is 16.7 Å². The number of rotatable bonds is 2. The first-order valence-corrected chi connectivity index (χ1v) is 7.13. The number of halogens is 1. The van der Waals surface area contributed by atoms with Crippen LogP contribution in [0.2, 0.25) is 5.15 Å². The van der Waals surface area contributed by atoms with E-state index in [-0.39, 0.29) is 16.6 Å². The smallest absolute Gasteiger partial charge is 0.319 e. The third-order valence-corrected chi connectivity index (χ3v) is 4.23. The molecule has 1 fully saturated rings. The van der Waals surface area contributed by atoms with Crippen LogP contribution >= 0.6 is 23.4 Å². The monoisotopic (exact) mass is 301 g/mol. The standard InChI is InChI=1S/C11H12ClN3O3S/c1-7-6-14(4-5-19-7)11(16)8-2-3-13-10(12)9(8)15(17)18/h2-3,7H,4-6H2,1H3. The van der Waals surface area contributed by atoms with Crippen molar-refractivity contribution in [3.63, 3.8) is 0 Å². The molecule has 0 aliphatic carbocycles. The topological polar surface area (TPSA) is 76.3 Å². The Bertz CT molecular complexity index is 526. The van der Waals surface area contributed by atoms with Gasteiger partial charge in [0.15, 0.2) is 0 Å². The van der Waals surface area contributed by atoms with Gasteiger partial charge in [-0.1, -0.05) is 18.5 Å². The van der Waals surface area contributed by atoms with Crippen LogP contribution in [0.5, 0.6) is 0 Å². The van der Waals surface area contributed by atoms with Crippen molar-refractivity contribution in [2.75, 3.05) is 18.8 Å². The van der Waals surface area contributed by atoms with Crippen LogP contribution in [0.4, 0.5) is 5.69 Å². The maximum atomic E-state index is 12.3. The number of pyridine rings is 1. The van der Waals surface area contributed by atoms with Crippen molar-refractivity contribution < 1.29 is 9.72 Å². The summed E-state index contributed by atoms with van der Waals surface area (Å²) in [5.41, 5.74) is -0.413. The molecule has 1 amide bonds. The highest BCUT2D eigenvalue weighted by Gasteiger charge is 2.30. The van der Waals surface area contributed by atoms with Crippen molar-refractivity contribution in [2.45, 2.75) is 12.2 Å². The second kappa shape index (κ2) is 5.75. The molecule has 0 radical (unpaired) electrons. The van der Waals surface area contributed by atoms with Crippen molar-refractivity contribution in [3.05, 3.63) is 33.1 Å². The number of hydrogen-bond acceptors (Lipinski definition) is 5. The minimum Gasteiger partial charge on any atom is -0.336 e. The van der Waals surface area contributed by atoms with Gasteiger partial charge in [-0.25, -0.2) is 4.98 Å². The van der Waals surface area contributed by atoms with Crippen LogP contribution in [-0.2, 0) is 0 Å². The molecule has 1 atom stereocenters. The largest absolute Gasteiger partial charge is 0.336 e. The average molecular weight is 302 g/mol. The summed E-state index contributed by atoms with van der Waals surface area (Å²) >= 11 is 7.49. The normalized spacial score (nSPS) is 19.3. The van der Waals surface area contributed by atoms with E-state index in [0.29, 0.717) is 18.3 Å². The Morgan fingerprint density at radius 3 is 3.05 bits per heavy atom. The van der Waals surface area contributed by atoms with Crippen LogP contribution in [-0.4, -0.2) is 44.8 Å². The van der Waals surface area contributed by atoms with Crippen molar-refractivity contribution >= 4 is 35.0 Å². The summed E-state index contributed by atoms with van der Waals surface area (Å²) < 4.78 is 0. The van der Waals surface area contributed by atoms with Crippen LogP contribution in [0.15, 0.2) is 12.3 Å². The predicted molar refractivity (Wildman–Crippen MR) is 73.7 cm³/mol. The summed E-state index contributed by atoms with van der Waals surface area (Å²) in [6.07, 6.45) is 1.31. The number of thioether (sulfide) groups is 1. The van der Waals surface area contributed by atoms with Crippen LogP contribution in [0, 0.1) is 10.1 Å². The van der Waals surface area contributed by atoms with Crippen molar-refractivity contribution in [1.29, 1.82) is 0 Å². The lowest BCUT2D eigenvalue weighted by molar-refractivity contribution is -0.385. The number of carbonyl (C=O) groups is 1. The molecule has 0 saturated carbocycles. The zero-order valence-corrected chi connectivity index (χ0v) is 11.8. The lowest BCUT2D eigenvalue weighted by Gasteiger charge is -2.30. The zero-order valence-electron chi connectivity index (χ0n) is 10.2. The number of amides is 1. The number of nitrogens with zero attached hydrogens (tertiary/aromatic N) is 3. The van der Waals surface area contributed by atoms with E-state index >= 15 is 0 Å². The van der Waals surface area contributed by atoms with E-state index in [1.165, 1.54) is 12.3 Å². The Labute approximate surface area is 119 Å². The molecule has 1 saturated heterocycles. The maximum absolute atomic E-state index is 12.3. The van der Waals surface area contributed by atoms with Crippen LogP contribution in [0.1, 0.15) is 17.3 Å². The quantitative estimate of drug-likeness (QED) is 0.475. The van der Waals surface area contributed by atoms with Gasteiger partial charge >= 0.3 is 5.69 Å². The van der Waals surface area contributed by atoms with Gasteiger partial charge in [0, 0.05) is 30.3 Å². The zero-order chi connectivity index (χ0) is 14.0.